The highest BCUT2D eigenvalue weighted by Crippen LogP contribution is 2.31. The summed E-state index contributed by atoms with van der Waals surface area (Å²) in [6.07, 6.45) is 0.157. The Hall–Kier alpha value is -2.04. The number of aliphatic carboxylic acids is 1. The fraction of sp³-hybridized carbons (Fsp3) is 0.500. The highest BCUT2D eigenvalue weighted by molar-refractivity contribution is 5.81. The molecule has 114 valence electrons. The third kappa shape index (κ3) is 3.54. The molecule has 0 radical (unpaired) electrons. The monoisotopic (exact) mass is 291 g/mol. The highest BCUT2D eigenvalue weighted by atomic mass is 16.6. The Kier molecular flexibility index (Phi) is 4.83. The molecule has 1 aromatic carbocycles. The minimum atomic E-state index is -0.956. The van der Waals surface area contributed by atoms with Crippen LogP contribution in [-0.4, -0.2) is 34.7 Å². The number of carbonyl (C=O) groups excluding carboxylic acids is 1. The van der Waals surface area contributed by atoms with Gasteiger partial charge in [-0.3, -0.25) is 4.90 Å². The molecule has 21 heavy (non-hydrogen) atoms. The summed E-state index contributed by atoms with van der Waals surface area (Å²) >= 11 is 0. The molecular formula is C16H21NO4. The van der Waals surface area contributed by atoms with Gasteiger partial charge in [0.25, 0.3) is 0 Å². The van der Waals surface area contributed by atoms with Crippen molar-refractivity contribution in [3.63, 3.8) is 0 Å². The molecule has 1 N–H and O–H groups in total. The average molecular weight is 291 g/mol. The summed E-state index contributed by atoms with van der Waals surface area (Å²) in [4.78, 5) is 24.9. The van der Waals surface area contributed by atoms with E-state index < -0.39 is 18.1 Å². The maximum Gasteiger partial charge on any atom is 0.410 e. The lowest BCUT2D eigenvalue weighted by atomic mass is 9.89. The SMILES string of the molecule is CC(C)[C@@H]1CCN(C(=O)OCc2ccccc2)[C@H]1C(=O)O. The van der Waals surface area contributed by atoms with Crippen LogP contribution in [-0.2, 0) is 16.1 Å². The van der Waals surface area contributed by atoms with Gasteiger partial charge in [-0.05, 0) is 23.8 Å². The van der Waals surface area contributed by atoms with E-state index in [1.807, 2.05) is 44.2 Å². The van der Waals surface area contributed by atoms with Crippen LogP contribution in [0.4, 0.5) is 4.79 Å². The molecule has 5 heteroatoms. The summed E-state index contributed by atoms with van der Waals surface area (Å²) in [6, 6.07) is 8.57. The van der Waals surface area contributed by atoms with Crippen molar-refractivity contribution in [2.45, 2.75) is 32.9 Å². The van der Waals surface area contributed by atoms with Gasteiger partial charge >= 0.3 is 12.1 Å². The first-order valence-corrected chi connectivity index (χ1v) is 7.21. The minimum Gasteiger partial charge on any atom is -0.480 e. The molecule has 1 aliphatic heterocycles. The summed E-state index contributed by atoms with van der Waals surface area (Å²) in [5, 5.41) is 9.39. The number of carbonyl (C=O) groups is 2. The Bertz CT molecular complexity index is 500. The molecule has 1 fully saturated rings. The number of nitrogens with zero attached hydrogens (tertiary/aromatic N) is 1. The van der Waals surface area contributed by atoms with Crippen LogP contribution >= 0.6 is 0 Å². The maximum absolute atomic E-state index is 12.1. The lowest BCUT2D eigenvalue weighted by molar-refractivity contribution is -0.143. The van der Waals surface area contributed by atoms with Crippen LogP contribution in [0.25, 0.3) is 0 Å². The summed E-state index contributed by atoms with van der Waals surface area (Å²) < 4.78 is 5.24. The van der Waals surface area contributed by atoms with E-state index in [0.29, 0.717) is 13.0 Å². The van der Waals surface area contributed by atoms with Crippen LogP contribution in [0.3, 0.4) is 0 Å². The molecule has 0 spiro atoms. The second kappa shape index (κ2) is 6.61. The first kappa shape index (κ1) is 15.4. The van der Waals surface area contributed by atoms with Crippen molar-refractivity contribution in [2.24, 2.45) is 11.8 Å². The molecule has 2 rings (SSSR count). The number of carboxylic acids is 1. The lowest BCUT2D eigenvalue weighted by Gasteiger charge is -2.25. The molecule has 0 saturated carbocycles. The second-order valence-corrected chi connectivity index (χ2v) is 5.71. The molecule has 1 amide bonds. The van der Waals surface area contributed by atoms with Gasteiger partial charge in [-0.15, -0.1) is 0 Å². The zero-order chi connectivity index (χ0) is 15.4. The lowest BCUT2D eigenvalue weighted by Crippen LogP contribution is -2.44. The van der Waals surface area contributed by atoms with Crippen LogP contribution in [0.2, 0.25) is 0 Å². The zero-order valence-electron chi connectivity index (χ0n) is 12.4. The number of likely N-dealkylation sites (tertiary alicyclic amines) is 1. The van der Waals surface area contributed by atoms with Crippen molar-refractivity contribution in [1.29, 1.82) is 0 Å². The van der Waals surface area contributed by atoms with E-state index in [2.05, 4.69) is 0 Å². The largest absolute Gasteiger partial charge is 0.480 e. The molecule has 0 aromatic heterocycles. The third-order valence-corrected chi connectivity index (χ3v) is 3.99. The first-order chi connectivity index (χ1) is 10.0. The van der Waals surface area contributed by atoms with Crippen molar-refractivity contribution in [2.75, 3.05) is 6.54 Å². The molecule has 1 heterocycles. The van der Waals surface area contributed by atoms with Crippen LogP contribution in [0.1, 0.15) is 25.8 Å². The summed E-state index contributed by atoms with van der Waals surface area (Å²) in [5.74, 6) is -0.757. The van der Waals surface area contributed by atoms with Crippen LogP contribution in [0.5, 0.6) is 0 Å². The fourth-order valence-corrected chi connectivity index (χ4v) is 2.84. The summed E-state index contributed by atoms with van der Waals surface area (Å²) in [5.41, 5.74) is 0.886. The molecule has 0 bridgehead atoms. The van der Waals surface area contributed by atoms with Crippen molar-refractivity contribution < 1.29 is 19.4 Å². The van der Waals surface area contributed by atoms with Gasteiger partial charge in [0.1, 0.15) is 12.6 Å². The van der Waals surface area contributed by atoms with Crippen LogP contribution < -0.4 is 0 Å². The van der Waals surface area contributed by atoms with E-state index in [9.17, 15) is 14.7 Å². The molecule has 0 unspecified atom stereocenters. The van der Waals surface area contributed by atoms with E-state index in [1.54, 1.807) is 0 Å². The molecular weight excluding hydrogens is 270 g/mol. The molecule has 5 nitrogen and oxygen atoms in total. The number of hydrogen-bond donors (Lipinski definition) is 1. The topological polar surface area (TPSA) is 66.8 Å². The predicted molar refractivity (Wildman–Crippen MR) is 77.7 cm³/mol. The Labute approximate surface area is 124 Å². The first-order valence-electron chi connectivity index (χ1n) is 7.21. The molecule has 1 aromatic rings. The van der Waals surface area contributed by atoms with Gasteiger partial charge in [0.05, 0.1) is 0 Å². The van der Waals surface area contributed by atoms with Gasteiger partial charge in [0.2, 0.25) is 0 Å². The number of carboxylic acid groups (broad SMARTS) is 1. The Balaban J connectivity index is 2.00. The summed E-state index contributed by atoms with van der Waals surface area (Å²) in [7, 11) is 0. The van der Waals surface area contributed by atoms with Crippen molar-refractivity contribution in [3.05, 3.63) is 35.9 Å². The maximum atomic E-state index is 12.1. The van der Waals surface area contributed by atoms with Gasteiger partial charge < -0.3 is 9.84 Å². The van der Waals surface area contributed by atoms with Gasteiger partial charge in [0, 0.05) is 6.54 Å². The number of hydrogen-bond acceptors (Lipinski definition) is 3. The van der Waals surface area contributed by atoms with Crippen molar-refractivity contribution in [3.8, 4) is 0 Å². The number of ether oxygens (including phenoxy) is 1. The van der Waals surface area contributed by atoms with Crippen LogP contribution in [0.15, 0.2) is 30.3 Å². The highest BCUT2D eigenvalue weighted by Gasteiger charge is 2.43. The van der Waals surface area contributed by atoms with Crippen molar-refractivity contribution >= 4 is 12.1 Å². The molecule has 1 aliphatic rings. The molecule has 0 aliphatic carbocycles. The van der Waals surface area contributed by atoms with E-state index in [1.165, 1.54) is 4.90 Å². The number of rotatable bonds is 4. The average Bonchev–Trinajstić information content (AvgIpc) is 2.91. The predicted octanol–water partition coefficient (Wildman–Crippen LogP) is 2.75. The van der Waals surface area contributed by atoms with Crippen molar-refractivity contribution in [1.82, 2.24) is 4.90 Å². The van der Waals surface area contributed by atoms with E-state index >= 15 is 0 Å². The van der Waals surface area contributed by atoms with E-state index in [-0.39, 0.29) is 18.4 Å². The molecule has 1 saturated heterocycles. The van der Waals surface area contributed by atoms with Gasteiger partial charge in [-0.25, -0.2) is 9.59 Å². The Morgan fingerprint density at radius 3 is 2.57 bits per heavy atom. The fourth-order valence-electron chi connectivity index (χ4n) is 2.84. The number of benzene rings is 1. The third-order valence-electron chi connectivity index (χ3n) is 3.99. The normalized spacial score (nSPS) is 21.6. The van der Waals surface area contributed by atoms with Crippen LogP contribution in [0, 0.1) is 11.8 Å². The molecule has 2 atom stereocenters. The number of amides is 1. The Morgan fingerprint density at radius 1 is 1.33 bits per heavy atom. The smallest absolute Gasteiger partial charge is 0.410 e. The summed E-state index contributed by atoms with van der Waals surface area (Å²) in [6.45, 7) is 4.57. The quantitative estimate of drug-likeness (QED) is 0.926. The minimum absolute atomic E-state index is 0.0215. The zero-order valence-corrected chi connectivity index (χ0v) is 12.4. The standard InChI is InChI=1S/C16H21NO4/c1-11(2)13-8-9-17(14(13)15(18)19)16(20)21-10-12-6-4-3-5-7-12/h3-7,11,13-14H,8-10H2,1-2H3,(H,18,19)/t13-,14+/m0/s1. The van der Waals surface area contributed by atoms with E-state index in [0.717, 1.165) is 5.56 Å². The van der Waals surface area contributed by atoms with Gasteiger partial charge in [-0.2, -0.15) is 0 Å². The van der Waals surface area contributed by atoms with Gasteiger partial charge in [-0.1, -0.05) is 44.2 Å². The van der Waals surface area contributed by atoms with E-state index in [4.69, 9.17) is 4.74 Å². The Morgan fingerprint density at radius 2 is 2.00 bits per heavy atom. The second-order valence-electron chi connectivity index (χ2n) is 5.71. The van der Waals surface area contributed by atoms with Gasteiger partial charge in [0.15, 0.2) is 0 Å².